The summed E-state index contributed by atoms with van der Waals surface area (Å²) in [4.78, 5) is 29.8. The van der Waals surface area contributed by atoms with E-state index in [4.69, 9.17) is 4.74 Å². The van der Waals surface area contributed by atoms with Crippen LogP contribution < -0.4 is 0 Å². The molecule has 2 heterocycles. The fourth-order valence-corrected chi connectivity index (χ4v) is 2.84. The second kappa shape index (κ2) is 6.54. The van der Waals surface area contributed by atoms with E-state index in [0.717, 1.165) is 25.9 Å². The Morgan fingerprint density at radius 3 is 2.35 bits per heavy atom. The van der Waals surface area contributed by atoms with Crippen LogP contribution in [0.2, 0.25) is 0 Å². The maximum absolute atomic E-state index is 12.2. The molecule has 2 aliphatic heterocycles. The first-order valence-corrected chi connectivity index (χ1v) is 7.36. The van der Waals surface area contributed by atoms with Crippen LogP contribution in [0.4, 0.5) is 0 Å². The monoisotopic (exact) mass is 283 g/mol. The van der Waals surface area contributed by atoms with Gasteiger partial charge in [0, 0.05) is 46.9 Å². The van der Waals surface area contributed by atoms with Crippen LogP contribution >= 0.6 is 0 Å². The quantitative estimate of drug-likeness (QED) is 0.719. The van der Waals surface area contributed by atoms with Crippen LogP contribution in [0.25, 0.3) is 0 Å². The third kappa shape index (κ3) is 3.30. The molecular weight excluding hydrogens is 258 g/mol. The lowest BCUT2D eigenvalue weighted by atomic mass is 10.1. The average molecular weight is 283 g/mol. The van der Waals surface area contributed by atoms with Crippen LogP contribution in [0.3, 0.4) is 0 Å². The van der Waals surface area contributed by atoms with Gasteiger partial charge in [-0.1, -0.05) is 0 Å². The summed E-state index contributed by atoms with van der Waals surface area (Å²) in [6.45, 7) is 5.50. The van der Waals surface area contributed by atoms with Crippen molar-refractivity contribution in [2.75, 3.05) is 46.9 Å². The maximum atomic E-state index is 12.2. The zero-order valence-corrected chi connectivity index (χ0v) is 12.7. The van der Waals surface area contributed by atoms with Crippen LogP contribution in [-0.4, -0.2) is 85.5 Å². The van der Waals surface area contributed by atoms with E-state index in [2.05, 4.69) is 4.90 Å². The fourth-order valence-electron chi connectivity index (χ4n) is 2.84. The summed E-state index contributed by atoms with van der Waals surface area (Å²) < 4.78 is 5.45. The molecule has 2 amide bonds. The summed E-state index contributed by atoms with van der Waals surface area (Å²) in [5.41, 5.74) is 0. The summed E-state index contributed by atoms with van der Waals surface area (Å²) in [6, 6.07) is -0.120. The summed E-state index contributed by atoms with van der Waals surface area (Å²) in [5.74, 6) is 0.234. The van der Waals surface area contributed by atoms with Gasteiger partial charge in [-0.05, 0) is 19.8 Å². The molecular formula is C14H25N3O3. The first-order chi connectivity index (χ1) is 9.50. The zero-order valence-electron chi connectivity index (χ0n) is 12.7. The molecule has 2 saturated heterocycles. The molecule has 2 rings (SSSR count). The molecule has 6 nitrogen and oxygen atoms in total. The molecule has 0 aromatic carbocycles. The minimum Gasteiger partial charge on any atom is -0.368 e. The van der Waals surface area contributed by atoms with Crippen molar-refractivity contribution < 1.29 is 14.3 Å². The highest BCUT2D eigenvalue weighted by molar-refractivity contribution is 5.82. The zero-order chi connectivity index (χ0) is 14.7. The Hall–Kier alpha value is -1.14. The molecule has 0 spiro atoms. The van der Waals surface area contributed by atoms with E-state index in [0.29, 0.717) is 19.7 Å². The van der Waals surface area contributed by atoms with E-state index in [1.807, 2.05) is 11.8 Å². The number of nitrogens with zero attached hydrogens (tertiary/aromatic N) is 3. The molecule has 0 bridgehead atoms. The van der Waals surface area contributed by atoms with Gasteiger partial charge in [0.05, 0.1) is 6.04 Å². The van der Waals surface area contributed by atoms with Crippen molar-refractivity contribution in [2.24, 2.45) is 0 Å². The average Bonchev–Trinajstić information content (AvgIpc) is 2.99. The Morgan fingerprint density at radius 2 is 1.85 bits per heavy atom. The lowest BCUT2D eigenvalue weighted by Crippen LogP contribution is -2.56. The highest BCUT2D eigenvalue weighted by atomic mass is 16.5. The molecule has 0 saturated carbocycles. The molecule has 2 atom stereocenters. The topological polar surface area (TPSA) is 53.1 Å². The number of hydrogen-bond donors (Lipinski definition) is 0. The lowest BCUT2D eigenvalue weighted by Gasteiger charge is -2.38. The smallest absolute Gasteiger partial charge is 0.251 e. The second-order valence-electron chi connectivity index (χ2n) is 5.77. The van der Waals surface area contributed by atoms with E-state index in [1.165, 1.54) is 0 Å². The van der Waals surface area contributed by atoms with Crippen molar-refractivity contribution in [3.63, 3.8) is 0 Å². The van der Waals surface area contributed by atoms with Gasteiger partial charge >= 0.3 is 0 Å². The Balaban J connectivity index is 1.82. The van der Waals surface area contributed by atoms with Gasteiger partial charge in [-0.2, -0.15) is 0 Å². The summed E-state index contributed by atoms with van der Waals surface area (Å²) in [6.07, 6.45) is 1.58. The van der Waals surface area contributed by atoms with Crippen LogP contribution in [0.5, 0.6) is 0 Å². The van der Waals surface area contributed by atoms with Gasteiger partial charge < -0.3 is 14.5 Å². The Morgan fingerprint density at radius 1 is 1.20 bits per heavy atom. The molecule has 0 N–H and O–H groups in total. The van der Waals surface area contributed by atoms with Crippen molar-refractivity contribution in [3.8, 4) is 0 Å². The Labute approximate surface area is 120 Å². The highest BCUT2D eigenvalue weighted by Crippen LogP contribution is 2.16. The lowest BCUT2D eigenvalue weighted by molar-refractivity contribution is -0.144. The molecule has 0 radical (unpaired) electrons. The minimum absolute atomic E-state index is 0.115. The minimum atomic E-state index is -0.234. The first-order valence-electron chi connectivity index (χ1n) is 7.36. The van der Waals surface area contributed by atoms with E-state index >= 15 is 0 Å². The number of likely N-dealkylation sites (N-methyl/N-ethyl adjacent to an activating group) is 1. The normalized spacial score (nSPS) is 25.6. The van der Waals surface area contributed by atoms with Gasteiger partial charge in [-0.3, -0.25) is 14.5 Å². The number of hydrogen-bond acceptors (Lipinski definition) is 4. The maximum Gasteiger partial charge on any atom is 0.251 e. The van der Waals surface area contributed by atoms with Gasteiger partial charge in [0.15, 0.2) is 0 Å². The van der Waals surface area contributed by atoms with Crippen molar-refractivity contribution in [3.05, 3.63) is 0 Å². The van der Waals surface area contributed by atoms with Gasteiger partial charge in [-0.15, -0.1) is 0 Å². The molecule has 114 valence electrons. The summed E-state index contributed by atoms with van der Waals surface area (Å²) in [7, 11) is 3.55. The standard InChI is InChI=1S/C14H25N3O3/c1-11(13(18)15(2)3)16-6-8-17(9-7-16)14(19)12-5-4-10-20-12/h11-12H,4-10H2,1-3H3. The molecule has 0 aromatic heterocycles. The van der Waals surface area contributed by atoms with Crippen molar-refractivity contribution in [2.45, 2.75) is 31.9 Å². The Bertz CT molecular complexity index is 359. The van der Waals surface area contributed by atoms with E-state index in [1.54, 1.807) is 19.0 Å². The third-order valence-electron chi connectivity index (χ3n) is 4.18. The molecule has 2 unspecified atom stereocenters. The van der Waals surface area contributed by atoms with Crippen LogP contribution in [-0.2, 0) is 14.3 Å². The van der Waals surface area contributed by atoms with E-state index < -0.39 is 0 Å². The predicted octanol–water partition coefficient (Wildman–Crippen LogP) is -0.214. The van der Waals surface area contributed by atoms with Crippen molar-refractivity contribution >= 4 is 11.8 Å². The number of rotatable bonds is 3. The van der Waals surface area contributed by atoms with E-state index in [9.17, 15) is 9.59 Å². The second-order valence-corrected chi connectivity index (χ2v) is 5.77. The number of carbonyl (C=O) groups is 2. The molecule has 0 aliphatic carbocycles. The predicted molar refractivity (Wildman–Crippen MR) is 75.3 cm³/mol. The number of ether oxygens (including phenoxy) is 1. The Kier molecular flexibility index (Phi) is 4.99. The first kappa shape index (κ1) is 15.3. The van der Waals surface area contributed by atoms with Gasteiger partial charge in [0.2, 0.25) is 5.91 Å². The van der Waals surface area contributed by atoms with Crippen LogP contribution in [0, 0.1) is 0 Å². The molecule has 20 heavy (non-hydrogen) atoms. The van der Waals surface area contributed by atoms with Crippen molar-refractivity contribution in [1.82, 2.24) is 14.7 Å². The summed E-state index contributed by atoms with van der Waals surface area (Å²) in [5, 5.41) is 0. The van der Waals surface area contributed by atoms with E-state index in [-0.39, 0.29) is 24.0 Å². The SMILES string of the molecule is CC(C(=O)N(C)C)N1CCN(C(=O)C2CCCO2)CC1. The van der Waals surface area contributed by atoms with Gasteiger partial charge in [-0.25, -0.2) is 0 Å². The highest BCUT2D eigenvalue weighted by Gasteiger charge is 2.32. The van der Waals surface area contributed by atoms with Crippen LogP contribution in [0.1, 0.15) is 19.8 Å². The molecule has 2 fully saturated rings. The summed E-state index contributed by atoms with van der Waals surface area (Å²) >= 11 is 0. The van der Waals surface area contributed by atoms with Crippen molar-refractivity contribution in [1.29, 1.82) is 0 Å². The third-order valence-corrected chi connectivity index (χ3v) is 4.18. The molecule has 2 aliphatic rings. The number of piperazine rings is 1. The molecule has 6 heteroatoms. The van der Waals surface area contributed by atoms with Gasteiger partial charge in [0.1, 0.15) is 6.10 Å². The van der Waals surface area contributed by atoms with Gasteiger partial charge in [0.25, 0.3) is 5.91 Å². The largest absolute Gasteiger partial charge is 0.368 e. The molecule has 0 aromatic rings. The number of carbonyl (C=O) groups excluding carboxylic acids is 2. The fraction of sp³-hybridized carbons (Fsp3) is 0.857. The number of amides is 2. The van der Waals surface area contributed by atoms with Crippen LogP contribution in [0.15, 0.2) is 0 Å².